The summed E-state index contributed by atoms with van der Waals surface area (Å²) in [5.74, 6) is -0.252. The van der Waals surface area contributed by atoms with Crippen LogP contribution in [0.1, 0.15) is 251 Å². The molecule has 60 heavy (non-hydrogen) atoms. The molecular weight excluding hydrogens is 759 g/mol. The van der Waals surface area contributed by atoms with Crippen LogP contribution < -0.4 is 5.32 Å². The van der Waals surface area contributed by atoms with E-state index in [0.29, 0.717) is 6.42 Å². The molecule has 0 aromatic rings. The lowest BCUT2D eigenvalue weighted by Crippen LogP contribution is -2.60. The van der Waals surface area contributed by atoms with Crippen molar-refractivity contribution in [2.45, 2.75) is 300 Å². The Bertz CT molecular complexity index is 926. The first-order valence-electron chi connectivity index (χ1n) is 25.8. The third kappa shape index (κ3) is 30.3. The van der Waals surface area contributed by atoms with Crippen molar-refractivity contribution in [2.75, 3.05) is 13.2 Å². The van der Waals surface area contributed by atoms with Crippen LogP contribution in [0.15, 0.2) is 0 Å². The number of carbonyl (C=O) groups excluding carboxylic acids is 1. The zero-order valence-electron chi connectivity index (χ0n) is 39.1. The average Bonchev–Trinajstić information content (AvgIpc) is 3.25. The highest BCUT2D eigenvalue weighted by molar-refractivity contribution is 5.76. The Balaban J connectivity index is 2.26. The zero-order valence-corrected chi connectivity index (χ0v) is 39.1. The van der Waals surface area contributed by atoms with Gasteiger partial charge in [-0.05, 0) is 12.8 Å². The molecule has 10 nitrogen and oxygen atoms in total. The number of aliphatic hydroxyl groups excluding tert-OH is 6. The molecule has 1 heterocycles. The van der Waals surface area contributed by atoms with Gasteiger partial charge >= 0.3 is 0 Å². The summed E-state index contributed by atoms with van der Waals surface area (Å²) in [6.45, 7) is 3.63. The average molecular weight is 858 g/mol. The number of carbonyl (C=O) groups is 1. The van der Waals surface area contributed by atoms with Gasteiger partial charge in [0.1, 0.15) is 30.5 Å². The van der Waals surface area contributed by atoms with Crippen LogP contribution in [0.5, 0.6) is 0 Å². The van der Waals surface area contributed by atoms with Crippen LogP contribution in [0.3, 0.4) is 0 Å². The molecule has 0 aromatic heterocycles. The third-order valence-electron chi connectivity index (χ3n) is 12.8. The molecule has 1 fully saturated rings. The fourth-order valence-electron chi connectivity index (χ4n) is 8.61. The Morgan fingerprint density at radius 3 is 1.23 bits per heavy atom. The molecule has 1 aliphatic heterocycles. The summed E-state index contributed by atoms with van der Waals surface area (Å²) in [7, 11) is 0. The maximum Gasteiger partial charge on any atom is 0.220 e. The lowest BCUT2D eigenvalue weighted by Gasteiger charge is -2.40. The smallest absolute Gasteiger partial charge is 0.220 e. The highest BCUT2D eigenvalue weighted by Gasteiger charge is 2.44. The third-order valence-corrected chi connectivity index (χ3v) is 12.8. The van der Waals surface area contributed by atoms with Gasteiger partial charge in [0.2, 0.25) is 5.91 Å². The molecule has 0 spiro atoms. The van der Waals surface area contributed by atoms with Crippen molar-refractivity contribution in [1.29, 1.82) is 0 Å². The predicted octanol–water partition coefficient (Wildman–Crippen LogP) is 10.5. The van der Waals surface area contributed by atoms with Crippen molar-refractivity contribution in [3.8, 4) is 0 Å². The second kappa shape index (κ2) is 40.9. The first-order valence-corrected chi connectivity index (χ1v) is 25.8. The van der Waals surface area contributed by atoms with E-state index >= 15 is 0 Å². The Morgan fingerprint density at radius 2 is 0.867 bits per heavy atom. The normalized spacial score (nSPS) is 21.0. The molecule has 10 heteroatoms. The van der Waals surface area contributed by atoms with Crippen molar-refractivity contribution in [3.63, 3.8) is 0 Å². The van der Waals surface area contributed by atoms with Crippen molar-refractivity contribution in [3.05, 3.63) is 0 Å². The minimum atomic E-state index is -1.60. The first-order chi connectivity index (χ1) is 29.3. The molecule has 0 radical (unpaired) electrons. The van der Waals surface area contributed by atoms with Gasteiger partial charge in [0.15, 0.2) is 6.29 Å². The number of amides is 1. The molecule has 358 valence electrons. The van der Waals surface area contributed by atoms with E-state index < -0.39 is 55.6 Å². The van der Waals surface area contributed by atoms with Gasteiger partial charge in [-0.15, -0.1) is 0 Å². The molecule has 0 saturated carbocycles. The quantitative estimate of drug-likeness (QED) is 0.0295. The molecule has 7 N–H and O–H groups in total. The molecule has 1 saturated heterocycles. The van der Waals surface area contributed by atoms with Crippen LogP contribution in [0, 0.1) is 0 Å². The Labute approximate surface area is 368 Å². The largest absolute Gasteiger partial charge is 0.394 e. The fraction of sp³-hybridized carbons (Fsp3) is 0.980. The van der Waals surface area contributed by atoms with Crippen LogP contribution >= 0.6 is 0 Å². The Hall–Kier alpha value is -0.850. The van der Waals surface area contributed by atoms with E-state index in [9.17, 15) is 35.4 Å². The molecule has 1 amide bonds. The number of hydrogen-bond donors (Lipinski definition) is 7. The van der Waals surface area contributed by atoms with E-state index in [1.54, 1.807) is 0 Å². The van der Waals surface area contributed by atoms with Crippen molar-refractivity contribution in [2.24, 2.45) is 0 Å². The number of aliphatic hydroxyl groups is 6. The Morgan fingerprint density at radius 1 is 0.517 bits per heavy atom. The van der Waals surface area contributed by atoms with Crippen LogP contribution in [0.2, 0.25) is 0 Å². The van der Waals surface area contributed by atoms with Crippen LogP contribution in [-0.4, -0.2) is 98.7 Å². The van der Waals surface area contributed by atoms with E-state index in [-0.39, 0.29) is 18.9 Å². The summed E-state index contributed by atoms with van der Waals surface area (Å²) >= 11 is 0. The van der Waals surface area contributed by atoms with E-state index in [2.05, 4.69) is 19.2 Å². The van der Waals surface area contributed by atoms with Gasteiger partial charge in [-0.1, -0.05) is 232 Å². The first kappa shape index (κ1) is 57.2. The second-order valence-corrected chi connectivity index (χ2v) is 18.5. The van der Waals surface area contributed by atoms with Crippen LogP contribution in [0.25, 0.3) is 0 Å². The number of hydrogen-bond acceptors (Lipinski definition) is 9. The second-order valence-electron chi connectivity index (χ2n) is 18.5. The Kier molecular flexibility index (Phi) is 39.0. The molecule has 0 aromatic carbocycles. The monoisotopic (exact) mass is 858 g/mol. The lowest BCUT2D eigenvalue weighted by molar-refractivity contribution is -0.303. The summed E-state index contributed by atoms with van der Waals surface area (Å²) in [5, 5.41) is 65.3. The topological polar surface area (TPSA) is 169 Å². The van der Waals surface area contributed by atoms with E-state index in [0.717, 1.165) is 38.5 Å². The van der Waals surface area contributed by atoms with Gasteiger partial charge in [-0.3, -0.25) is 4.79 Å². The lowest BCUT2D eigenvalue weighted by atomic mass is 9.98. The number of unbranched alkanes of at least 4 members (excludes halogenated alkanes) is 33. The van der Waals surface area contributed by atoms with Gasteiger partial charge in [0, 0.05) is 6.42 Å². The SMILES string of the molecule is CCCCCCCCCCCCCCCCCCCCCCCCCC(=O)N[C@H](CO[C@H]1O[C@H](CO)[C@H](O)[C@H](O)[C@H]1O)[C@H](O)[C@@H](O)CCCCCCCCCCCCCC. The van der Waals surface area contributed by atoms with Gasteiger partial charge in [-0.25, -0.2) is 0 Å². The fourth-order valence-corrected chi connectivity index (χ4v) is 8.61. The van der Waals surface area contributed by atoms with Gasteiger partial charge in [0.05, 0.1) is 25.4 Å². The van der Waals surface area contributed by atoms with Crippen molar-refractivity contribution < 1.29 is 44.9 Å². The molecule has 8 atom stereocenters. The van der Waals surface area contributed by atoms with Crippen LogP contribution in [0.4, 0.5) is 0 Å². The zero-order chi connectivity index (χ0) is 43.9. The van der Waals surface area contributed by atoms with Crippen molar-refractivity contribution in [1.82, 2.24) is 5.32 Å². The summed E-state index contributed by atoms with van der Waals surface area (Å²) in [6.07, 6.45) is 35.5. The summed E-state index contributed by atoms with van der Waals surface area (Å²) < 4.78 is 11.2. The molecule has 1 aliphatic rings. The van der Waals surface area contributed by atoms with Crippen molar-refractivity contribution >= 4 is 5.91 Å². The maximum atomic E-state index is 13.0. The molecule has 0 aliphatic carbocycles. The molecule has 0 unspecified atom stereocenters. The summed E-state index contributed by atoms with van der Waals surface area (Å²) in [6, 6.07) is -0.985. The molecule has 0 bridgehead atoms. The maximum absolute atomic E-state index is 13.0. The van der Waals surface area contributed by atoms with E-state index in [1.807, 2.05) is 0 Å². The highest BCUT2D eigenvalue weighted by atomic mass is 16.7. The number of nitrogens with one attached hydrogen (secondary N) is 1. The highest BCUT2D eigenvalue weighted by Crippen LogP contribution is 2.23. The minimum absolute atomic E-state index is 0.252. The molecule has 1 rings (SSSR count). The summed E-state index contributed by atoms with van der Waals surface area (Å²) in [4.78, 5) is 13.0. The van der Waals surface area contributed by atoms with E-state index in [4.69, 9.17) is 9.47 Å². The predicted molar refractivity (Wildman–Crippen MR) is 246 cm³/mol. The number of ether oxygens (including phenoxy) is 2. The van der Waals surface area contributed by atoms with Gasteiger partial charge in [0.25, 0.3) is 0 Å². The van der Waals surface area contributed by atoms with E-state index in [1.165, 1.54) is 186 Å². The summed E-state index contributed by atoms with van der Waals surface area (Å²) in [5.41, 5.74) is 0. The minimum Gasteiger partial charge on any atom is -0.394 e. The molecular formula is C50H99NO9. The standard InChI is InChI=1S/C50H99NO9/c1-3-5-7-9-11-13-15-17-18-19-20-21-22-23-24-25-26-27-29-31-33-35-37-39-45(54)51-42(41-59-50-49(58)48(57)47(56)44(40-52)60-50)46(55)43(53)38-36-34-32-30-28-16-14-12-10-8-6-4-2/h42-44,46-50,52-53,55-58H,3-41H2,1-2H3,(H,51,54)/t42-,43+,44-,46+,47+,48+,49-,50+/m1/s1. The van der Waals surface area contributed by atoms with Crippen LogP contribution in [-0.2, 0) is 14.3 Å². The van der Waals surface area contributed by atoms with Gasteiger partial charge < -0.3 is 45.4 Å². The van der Waals surface area contributed by atoms with Gasteiger partial charge in [-0.2, -0.15) is 0 Å². The number of rotatable bonds is 44.